The van der Waals surface area contributed by atoms with Crippen LogP contribution in [0, 0.1) is 6.92 Å². The van der Waals surface area contributed by atoms with Gasteiger partial charge in [0, 0.05) is 27.6 Å². The zero-order chi connectivity index (χ0) is 26.5. The smallest absolute Gasteiger partial charge is 0.414 e. The molecule has 2 N–H and O–H groups in total. The first-order valence-corrected chi connectivity index (χ1v) is 12.1. The Bertz CT molecular complexity index is 1330. The second kappa shape index (κ2) is 11.0. The Morgan fingerprint density at radius 1 is 1.03 bits per heavy atom. The van der Waals surface area contributed by atoms with Crippen LogP contribution in [0.15, 0.2) is 59.8 Å². The summed E-state index contributed by atoms with van der Waals surface area (Å²) in [5.74, 6) is -1.13. The zero-order valence-corrected chi connectivity index (χ0v) is 20.9. The number of aryl methyl sites for hydroxylation is 1. The number of nitrogens with one attached hydrogen (secondary N) is 1. The molecular formula is C23H26N6O6S. The summed E-state index contributed by atoms with van der Waals surface area (Å²) in [5, 5.41) is 12.4. The van der Waals surface area contributed by atoms with E-state index >= 15 is 0 Å². The summed E-state index contributed by atoms with van der Waals surface area (Å²) in [6, 6.07) is 11.6. The van der Waals surface area contributed by atoms with Crippen molar-refractivity contribution in [3.05, 3.63) is 66.0 Å². The Morgan fingerprint density at radius 2 is 1.67 bits per heavy atom. The molecule has 1 atom stereocenters. The van der Waals surface area contributed by atoms with Gasteiger partial charge in [-0.15, -0.1) is 0 Å². The molecule has 0 fully saturated rings. The number of ether oxygens (including phenoxy) is 1. The highest BCUT2D eigenvalue weighted by molar-refractivity contribution is 7.92. The van der Waals surface area contributed by atoms with Crippen LogP contribution in [0.4, 0.5) is 16.7 Å². The van der Waals surface area contributed by atoms with E-state index in [4.69, 9.17) is 4.74 Å². The number of carbonyl (C=O) groups is 2. The highest BCUT2D eigenvalue weighted by atomic mass is 32.2. The van der Waals surface area contributed by atoms with Crippen molar-refractivity contribution in [2.75, 3.05) is 30.8 Å². The number of anilines is 2. The van der Waals surface area contributed by atoms with Crippen LogP contribution in [0.2, 0.25) is 0 Å². The van der Waals surface area contributed by atoms with Gasteiger partial charge in [-0.1, -0.05) is 29.8 Å². The van der Waals surface area contributed by atoms with E-state index in [9.17, 15) is 23.1 Å². The third-order valence-corrected chi connectivity index (χ3v) is 6.81. The minimum Gasteiger partial charge on any atom is -0.480 e. The molecule has 0 aliphatic carbocycles. The topological polar surface area (TPSA) is 155 Å². The van der Waals surface area contributed by atoms with Gasteiger partial charge in [-0.25, -0.2) is 32.3 Å². The van der Waals surface area contributed by atoms with Gasteiger partial charge in [0.15, 0.2) is 0 Å². The monoisotopic (exact) mass is 514 g/mol. The van der Waals surface area contributed by atoms with Gasteiger partial charge in [-0.2, -0.15) is 4.98 Å². The first kappa shape index (κ1) is 26.3. The number of sulfonamides is 1. The van der Waals surface area contributed by atoms with Crippen molar-refractivity contribution in [3.8, 4) is 5.75 Å². The molecule has 2 aromatic carbocycles. The van der Waals surface area contributed by atoms with Crippen LogP contribution in [0.25, 0.3) is 0 Å². The summed E-state index contributed by atoms with van der Waals surface area (Å²) >= 11 is 0. The van der Waals surface area contributed by atoms with Gasteiger partial charge in [-0.3, -0.25) is 0 Å². The molecule has 0 aliphatic heterocycles. The standard InChI is InChI=1S/C23H26N6O6S/c1-15-5-11-18(12-6-15)36(33,34)29(4)22-25-14-24-21(27-22)26-19(20(30)31)13-16-7-9-17(10-8-16)35-23(32)28(2)3/h5-12,14,19H,13H2,1-4H3,(H,30,31)(H,24,25,26,27)/t19-/m0/s1. The lowest BCUT2D eigenvalue weighted by atomic mass is 10.1. The molecule has 3 rings (SSSR count). The SMILES string of the molecule is Cc1ccc(S(=O)(=O)N(C)c2ncnc(N[C@@H](Cc3ccc(OC(=O)N(C)C)cc3)C(=O)O)n2)cc1. The van der Waals surface area contributed by atoms with E-state index < -0.39 is 28.1 Å². The van der Waals surface area contributed by atoms with Crippen molar-refractivity contribution in [1.82, 2.24) is 19.9 Å². The van der Waals surface area contributed by atoms with E-state index in [0.29, 0.717) is 11.3 Å². The predicted molar refractivity (Wildman–Crippen MR) is 131 cm³/mol. The van der Waals surface area contributed by atoms with Crippen LogP contribution in [0.3, 0.4) is 0 Å². The van der Waals surface area contributed by atoms with Crippen LogP contribution in [-0.2, 0) is 21.2 Å². The van der Waals surface area contributed by atoms with E-state index in [2.05, 4.69) is 20.3 Å². The van der Waals surface area contributed by atoms with E-state index in [-0.39, 0.29) is 23.2 Å². The number of hydrogen-bond donors (Lipinski definition) is 2. The number of carbonyl (C=O) groups excluding carboxylic acids is 1. The van der Waals surface area contributed by atoms with E-state index in [1.807, 2.05) is 6.92 Å². The van der Waals surface area contributed by atoms with Crippen molar-refractivity contribution in [3.63, 3.8) is 0 Å². The Kier molecular flexibility index (Phi) is 8.04. The summed E-state index contributed by atoms with van der Waals surface area (Å²) < 4.78 is 31.9. The number of amides is 1. The second-order valence-corrected chi connectivity index (χ2v) is 10.0. The molecule has 0 spiro atoms. The quantitative estimate of drug-likeness (QED) is 0.434. The average molecular weight is 515 g/mol. The molecule has 13 heteroatoms. The maximum Gasteiger partial charge on any atom is 0.414 e. The molecule has 0 unspecified atom stereocenters. The molecule has 190 valence electrons. The second-order valence-electron chi connectivity index (χ2n) is 8.04. The number of carboxylic acid groups (broad SMARTS) is 1. The number of rotatable bonds is 9. The van der Waals surface area contributed by atoms with E-state index in [1.54, 1.807) is 50.5 Å². The Morgan fingerprint density at radius 3 is 2.25 bits per heavy atom. The summed E-state index contributed by atoms with van der Waals surface area (Å²) in [5.41, 5.74) is 1.56. The molecule has 36 heavy (non-hydrogen) atoms. The maximum absolute atomic E-state index is 12.9. The van der Waals surface area contributed by atoms with E-state index in [0.717, 1.165) is 16.2 Å². The van der Waals surface area contributed by atoms with Gasteiger partial charge >= 0.3 is 12.1 Å². The molecule has 1 amide bonds. The van der Waals surface area contributed by atoms with Crippen molar-refractivity contribution >= 4 is 34.0 Å². The third kappa shape index (κ3) is 6.44. The number of aliphatic carboxylic acids is 1. The van der Waals surface area contributed by atoms with E-state index in [1.165, 1.54) is 24.1 Å². The normalized spacial score (nSPS) is 11.9. The first-order chi connectivity index (χ1) is 17.0. The Balaban J connectivity index is 1.74. The van der Waals surface area contributed by atoms with Crippen molar-refractivity contribution in [2.45, 2.75) is 24.3 Å². The lowest BCUT2D eigenvalue weighted by Gasteiger charge is -2.19. The van der Waals surface area contributed by atoms with Gasteiger partial charge in [0.1, 0.15) is 18.1 Å². The summed E-state index contributed by atoms with van der Waals surface area (Å²) in [4.78, 5) is 36.8. The number of hydrogen-bond acceptors (Lipinski definition) is 9. The number of carboxylic acids is 1. The van der Waals surface area contributed by atoms with Gasteiger partial charge in [0.25, 0.3) is 10.0 Å². The number of nitrogens with zero attached hydrogens (tertiary/aromatic N) is 5. The molecule has 0 saturated heterocycles. The summed E-state index contributed by atoms with van der Waals surface area (Å²) in [7, 11) is 0.475. The Labute approximate surface area is 208 Å². The molecule has 12 nitrogen and oxygen atoms in total. The van der Waals surface area contributed by atoms with Gasteiger partial charge in [0.2, 0.25) is 11.9 Å². The number of benzene rings is 2. The Hall–Kier alpha value is -4.26. The van der Waals surface area contributed by atoms with Gasteiger partial charge < -0.3 is 20.1 Å². The van der Waals surface area contributed by atoms with Crippen LogP contribution >= 0.6 is 0 Å². The fourth-order valence-electron chi connectivity index (χ4n) is 2.96. The average Bonchev–Trinajstić information content (AvgIpc) is 2.84. The lowest BCUT2D eigenvalue weighted by molar-refractivity contribution is -0.137. The molecule has 0 aliphatic rings. The molecular weight excluding hydrogens is 488 g/mol. The number of aromatic nitrogens is 3. The minimum atomic E-state index is -3.94. The highest BCUT2D eigenvalue weighted by Gasteiger charge is 2.25. The van der Waals surface area contributed by atoms with Crippen LogP contribution in [0.5, 0.6) is 5.75 Å². The highest BCUT2D eigenvalue weighted by Crippen LogP contribution is 2.20. The van der Waals surface area contributed by atoms with Crippen molar-refractivity contribution in [2.24, 2.45) is 0 Å². The van der Waals surface area contributed by atoms with Crippen molar-refractivity contribution < 1.29 is 27.9 Å². The summed E-state index contributed by atoms with van der Waals surface area (Å²) in [6.07, 6.45) is 0.613. The van der Waals surface area contributed by atoms with Crippen molar-refractivity contribution in [1.29, 1.82) is 0 Å². The fourth-order valence-corrected chi connectivity index (χ4v) is 4.06. The molecule has 0 saturated carbocycles. The van der Waals surface area contributed by atoms with Crippen LogP contribution in [-0.4, -0.2) is 72.6 Å². The zero-order valence-electron chi connectivity index (χ0n) is 20.1. The van der Waals surface area contributed by atoms with Crippen LogP contribution in [0.1, 0.15) is 11.1 Å². The molecule has 0 radical (unpaired) electrons. The van der Waals surface area contributed by atoms with Gasteiger partial charge in [-0.05, 0) is 36.8 Å². The summed E-state index contributed by atoms with van der Waals surface area (Å²) in [6.45, 7) is 1.84. The largest absolute Gasteiger partial charge is 0.480 e. The fraction of sp³-hybridized carbons (Fsp3) is 0.261. The lowest BCUT2D eigenvalue weighted by Crippen LogP contribution is -2.33. The third-order valence-electron chi connectivity index (χ3n) is 5.06. The van der Waals surface area contributed by atoms with Crippen LogP contribution < -0.4 is 14.4 Å². The first-order valence-electron chi connectivity index (χ1n) is 10.7. The predicted octanol–water partition coefficient (Wildman–Crippen LogP) is 2.17. The minimum absolute atomic E-state index is 0.0514. The molecule has 3 aromatic rings. The molecule has 1 heterocycles. The van der Waals surface area contributed by atoms with Gasteiger partial charge in [0.05, 0.1) is 4.90 Å². The molecule has 1 aromatic heterocycles. The maximum atomic E-state index is 12.9. The molecule has 0 bridgehead atoms.